The van der Waals surface area contributed by atoms with Crippen LogP contribution in [0.3, 0.4) is 0 Å². The van der Waals surface area contributed by atoms with Crippen LogP contribution >= 0.6 is 0 Å². The summed E-state index contributed by atoms with van der Waals surface area (Å²) in [6.45, 7) is 4.49. The Morgan fingerprint density at radius 3 is 1.00 bits per heavy atom. The molecule has 0 aliphatic carbocycles. The van der Waals surface area contributed by atoms with Gasteiger partial charge in [-0.15, -0.1) is 0 Å². The molecular weight excluding hydrogens is 480 g/mol. The van der Waals surface area contributed by atoms with Crippen molar-refractivity contribution in [3.05, 3.63) is 142 Å². The fraction of sp³-hybridized carbons (Fsp3) is 0.250. The van der Waals surface area contributed by atoms with E-state index in [4.69, 9.17) is 0 Å². The SMILES string of the molecule is CCCCCc1ccc(C#Cc2ccc(C=Cc3ccc(C#Cc4ccc(CCCCC)cc4)cc3)cc2)cc1. The zero-order valence-corrected chi connectivity index (χ0v) is 24.0. The van der Waals surface area contributed by atoms with Gasteiger partial charge in [-0.3, -0.25) is 0 Å². The Kier molecular flexibility index (Phi) is 11.5. The van der Waals surface area contributed by atoms with Crippen LogP contribution in [0.4, 0.5) is 0 Å². The van der Waals surface area contributed by atoms with E-state index in [0.29, 0.717) is 0 Å². The summed E-state index contributed by atoms with van der Waals surface area (Å²) in [6, 6.07) is 34.2. The second-order valence-corrected chi connectivity index (χ2v) is 10.4. The Morgan fingerprint density at radius 1 is 0.400 bits per heavy atom. The Hall–Kier alpha value is -4.26. The van der Waals surface area contributed by atoms with E-state index in [0.717, 1.165) is 46.2 Å². The molecular formula is C40H40. The summed E-state index contributed by atoms with van der Waals surface area (Å²) < 4.78 is 0. The van der Waals surface area contributed by atoms with E-state index in [1.807, 2.05) is 0 Å². The average Bonchev–Trinajstić information content (AvgIpc) is 3.00. The molecule has 0 saturated carbocycles. The summed E-state index contributed by atoms with van der Waals surface area (Å²) in [4.78, 5) is 0. The molecule has 4 aromatic carbocycles. The maximum atomic E-state index is 3.29. The lowest BCUT2D eigenvalue weighted by molar-refractivity contribution is 0.717. The Labute approximate surface area is 242 Å². The van der Waals surface area contributed by atoms with Gasteiger partial charge < -0.3 is 0 Å². The fourth-order valence-electron chi connectivity index (χ4n) is 4.50. The number of rotatable bonds is 10. The minimum atomic E-state index is 1.03. The molecule has 0 atom stereocenters. The molecule has 0 heterocycles. The third-order valence-electron chi connectivity index (χ3n) is 7.04. The highest BCUT2D eigenvalue weighted by Crippen LogP contribution is 2.13. The van der Waals surface area contributed by atoms with Gasteiger partial charge in [-0.25, -0.2) is 0 Å². The van der Waals surface area contributed by atoms with E-state index >= 15 is 0 Å². The first-order valence-electron chi connectivity index (χ1n) is 14.8. The van der Waals surface area contributed by atoms with Crippen LogP contribution in [0, 0.1) is 23.7 Å². The smallest absolute Gasteiger partial charge is 0.0249 e. The second-order valence-electron chi connectivity index (χ2n) is 10.4. The van der Waals surface area contributed by atoms with Crippen molar-refractivity contribution in [2.45, 2.75) is 65.2 Å². The lowest BCUT2D eigenvalue weighted by Gasteiger charge is -2.00. The van der Waals surface area contributed by atoms with Crippen molar-refractivity contribution in [1.82, 2.24) is 0 Å². The molecule has 4 aromatic rings. The largest absolute Gasteiger partial charge is 0.0654 e. The molecule has 0 N–H and O–H groups in total. The molecule has 0 amide bonds. The summed E-state index contributed by atoms with van der Waals surface area (Å²) in [5, 5.41) is 0. The lowest BCUT2D eigenvalue weighted by Crippen LogP contribution is -1.85. The molecule has 0 aromatic heterocycles. The van der Waals surface area contributed by atoms with Crippen molar-refractivity contribution in [3.8, 4) is 23.7 Å². The van der Waals surface area contributed by atoms with Gasteiger partial charge in [-0.1, -0.05) is 124 Å². The normalized spacial score (nSPS) is 10.6. The second kappa shape index (κ2) is 16.0. The summed E-state index contributed by atoms with van der Waals surface area (Å²) in [7, 11) is 0. The molecule has 0 fully saturated rings. The minimum absolute atomic E-state index is 1.03. The molecule has 0 spiro atoms. The maximum Gasteiger partial charge on any atom is 0.0249 e. The Morgan fingerprint density at radius 2 is 0.700 bits per heavy atom. The number of hydrogen-bond acceptors (Lipinski definition) is 0. The standard InChI is InChI=1S/C40H40/c1-3-5-7-9-33-11-15-35(16-12-33)19-21-37-23-27-39(28-24-37)31-32-40-29-25-38(26-30-40)22-20-36-17-13-34(14-18-36)10-8-6-4-2/h11-18,23-32H,3-10H2,1-2H3. The molecule has 0 unspecified atom stereocenters. The molecule has 0 heteroatoms. The summed E-state index contributed by atoms with van der Waals surface area (Å²) >= 11 is 0. The van der Waals surface area contributed by atoms with Crippen LogP contribution < -0.4 is 0 Å². The van der Waals surface area contributed by atoms with Crippen LogP contribution in [0.25, 0.3) is 12.2 Å². The highest BCUT2D eigenvalue weighted by Gasteiger charge is 1.96. The first-order valence-corrected chi connectivity index (χ1v) is 14.8. The van der Waals surface area contributed by atoms with Crippen molar-refractivity contribution in [1.29, 1.82) is 0 Å². The van der Waals surface area contributed by atoms with Crippen molar-refractivity contribution in [2.75, 3.05) is 0 Å². The minimum Gasteiger partial charge on any atom is -0.0654 e. The first-order chi connectivity index (χ1) is 19.7. The molecule has 0 aliphatic rings. The van der Waals surface area contributed by atoms with Gasteiger partial charge in [0.25, 0.3) is 0 Å². The van der Waals surface area contributed by atoms with Crippen LogP contribution in [0.2, 0.25) is 0 Å². The molecule has 200 valence electrons. The summed E-state index contributed by atoms with van der Waals surface area (Å²) in [6.07, 6.45) is 14.2. The van der Waals surface area contributed by atoms with Gasteiger partial charge in [0.1, 0.15) is 0 Å². The molecule has 0 bridgehead atoms. The Balaban J connectivity index is 1.28. The highest BCUT2D eigenvalue weighted by molar-refractivity contribution is 5.70. The molecule has 0 radical (unpaired) electrons. The Bertz CT molecular complexity index is 1340. The van der Waals surface area contributed by atoms with Gasteiger partial charge in [-0.05, 0) is 96.5 Å². The van der Waals surface area contributed by atoms with Crippen LogP contribution in [-0.2, 0) is 12.8 Å². The molecule has 0 aliphatic heterocycles. The molecule has 4 rings (SSSR count). The summed E-state index contributed by atoms with van der Waals surface area (Å²) in [5.41, 5.74) is 9.29. The fourth-order valence-corrected chi connectivity index (χ4v) is 4.50. The summed E-state index contributed by atoms with van der Waals surface area (Å²) in [5.74, 6) is 13.2. The molecule has 0 saturated heterocycles. The molecule has 40 heavy (non-hydrogen) atoms. The maximum absolute atomic E-state index is 3.29. The highest BCUT2D eigenvalue weighted by atomic mass is 14.0. The van der Waals surface area contributed by atoms with E-state index < -0.39 is 0 Å². The van der Waals surface area contributed by atoms with Crippen LogP contribution in [0.1, 0.15) is 96.9 Å². The van der Waals surface area contributed by atoms with Crippen LogP contribution in [0.15, 0.2) is 97.1 Å². The number of benzene rings is 4. The van der Waals surface area contributed by atoms with E-state index in [1.165, 1.54) is 49.7 Å². The van der Waals surface area contributed by atoms with Gasteiger partial charge >= 0.3 is 0 Å². The van der Waals surface area contributed by atoms with Crippen molar-refractivity contribution >= 4 is 12.2 Å². The van der Waals surface area contributed by atoms with Crippen LogP contribution in [0.5, 0.6) is 0 Å². The molecule has 0 nitrogen and oxygen atoms in total. The van der Waals surface area contributed by atoms with Gasteiger partial charge in [-0.2, -0.15) is 0 Å². The van der Waals surface area contributed by atoms with Crippen molar-refractivity contribution < 1.29 is 0 Å². The van der Waals surface area contributed by atoms with E-state index in [-0.39, 0.29) is 0 Å². The van der Waals surface area contributed by atoms with Gasteiger partial charge in [0.05, 0.1) is 0 Å². The monoisotopic (exact) mass is 520 g/mol. The topological polar surface area (TPSA) is 0 Å². The van der Waals surface area contributed by atoms with Gasteiger partial charge in [0.15, 0.2) is 0 Å². The van der Waals surface area contributed by atoms with Crippen LogP contribution in [-0.4, -0.2) is 0 Å². The van der Waals surface area contributed by atoms with E-state index in [1.54, 1.807) is 0 Å². The third kappa shape index (κ3) is 9.80. The zero-order chi connectivity index (χ0) is 27.8. The zero-order valence-electron chi connectivity index (χ0n) is 24.0. The van der Waals surface area contributed by atoms with Gasteiger partial charge in [0.2, 0.25) is 0 Å². The van der Waals surface area contributed by atoms with Crippen molar-refractivity contribution in [3.63, 3.8) is 0 Å². The first kappa shape index (κ1) is 28.7. The predicted octanol–water partition coefficient (Wildman–Crippen LogP) is 10.1. The third-order valence-corrected chi connectivity index (χ3v) is 7.04. The van der Waals surface area contributed by atoms with Gasteiger partial charge in [0, 0.05) is 22.3 Å². The average molecular weight is 521 g/mol. The van der Waals surface area contributed by atoms with E-state index in [9.17, 15) is 0 Å². The predicted molar refractivity (Wildman–Crippen MR) is 173 cm³/mol. The number of hydrogen-bond donors (Lipinski definition) is 0. The van der Waals surface area contributed by atoms with E-state index in [2.05, 4.69) is 147 Å². The quantitative estimate of drug-likeness (QED) is 0.111. The lowest BCUT2D eigenvalue weighted by atomic mass is 10.0. The number of unbranched alkanes of at least 4 members (excludes halogenated alkanes) is 4. The number of aryl methyl sites for hydroxylation is 2. The van der Waals surface area contributed by atoms with Crippen molar-refractivity contribution in [2.24, 2.45) is 0 Å².